The molecule has 0 bridgehead atoms. The molecule has 2 aromatic carbocycles. The van der Waals surface area contributed by atoms with Gasteiger partial charge in [-0.2, -0.15) is 0 Å². The van der Waals surface area contributed by atoms with Crippen LogP contribution in [0.2, 0.25) is 0 Å². The number of hydrogen-bond donors (Lipinski definition) is 2. The van der Waals surface area contributed by atoms with E-state index in [-0.39, 0.29) is 5.91 Å². The number of carbonyl (C=O) groups is 2. The first-order chi connectivity index (χ1) is 10.6. The first-order valence-corrected chi connectivity index (χ1v) is 6.96. The van der Waals surface area contributed by atoms with Crippen molar-refractivity contribution in [2.45, 2.75) is 13.0 Å². The zero-order valence-corrected chi connectivity index (χ0v) is 12.3. The minimum atomic E-state index is -0.839. The standard InChI is InChI=1S/C18H18N2O2/c1-13(14-8-4-2-5-9-14)12-16(21)20-17(18(19)22)15-10-6-3-7-11-15/h2-12,17H,1H3,(H2,19,22)(H,20,21)/b13-12+/t17-/m1/s1. The maximum Gasteiger partial charge on any atom is 0.245 e. The maximum absolute atomic E-state index is 12.1. The average molecular weight is 294 g/mol. The van der Waals surface area contributed by atoms with E-state index in [4.69, 9.17) is 5.73 Å². The van der Waals surface area contributed by atoms with E-state index in [2.05, 4.69) is 5.32 Å². The number of primary amides is 1. The molecule has 1 atom stereocenters. The van der Waals surface area contributed by atoms with Gasteiger partial charge in [-0.15, -0.1) is 0 Å². The molecule has 0 aliphatic carbocycles. The van der Waals surface area contributed by atoms with Crippen LogP contribution in [0, 0.1) is 0 Å². The van der Waals surface area contributed by atoms with Crippen LogP contribution in [0.3, 0.4) is 0 Å². The van der Waals surface area contributed by atoms with E-state index in [0.717, 1.165) is 11.1 Å². The molecule has 0 aliphatic heterocycles. The molecule has 0 unspecified atom stereocenters. The van der Waals surface area contributed by atoms with E-state index >= 15 is 0 Å². The topological polar surface area (TPSA) is 72.2 Å². The van der Waals surface area contributed by atoms with Crippen molar-refractivity contribution in [2.24, 2.45) is 5.73 Å². The number of rotatable bonds is 5. The van der Waals surface area contributed by atoms with Gasteiger partial charge in [-0.1, -0.05) is 60.7 Å². The van der Waals surface area contributed by atoms with Gasteiger partial charge in [0.05, 0.1) is 0 Å². The largest absolute Gasteiger partial charge is 0.368 e. The molecule has 22 heavy (non-hydrogen) atoms. The molecule has 3 N–H and O–H groups in total. The Morgan fingerprint density at radius 1 is 1.00 bits per heavy atom. The molecule has 0 saturated carbocycles. The zero-order valence-electron chi connectivity index (χ0n) is 12.3. The summed E-state index contributed by atoms with van der Waals surface area (Å²) in [6.07, 6.45) is 1.47. The van der Waals surface area contributed by atoms with Crippen LogP contribution in [0.1, 0.15) is 24.1 Å². The summed E-state index contributed by atoms with van der Waals surface area (Å²) >= 11 is 0. The van der Waals surface area contributed by atoms with Gasteiger partial charge in [0.2, 0.25) is 11.8 Å². The minimum Gasteiger partial charge on any atom is -0.368 e. The van der Waals surface area contributed by atoms with Crippen molar-refractivity contribution in [2.75, 3.05) is 0 Å². The molecule has 0 fully saturated rings. The number of nitrogens with one attached hydrogen (secondary N) is 1. The molecule has 112 valence electrons. The number of allylic oxidation sites excluding steroid dienone is 1. The normalized spacial score (nSPS) is 12.5. The lowest BCUT2D eigenvalue weighted by molar-refractivity contribution is -0.125. The summed E-state index contributed by atoms with van der Waals surface area (Å²) in [7, 11) is 0. The number of hydrogen-bond acceptors (Lipinski definition) is 2. The summed E-state index contributed by atoms with van der Waals surface area (Å²) in [5.41, 5.74) is 7.81. The van der Waals surface area contributed by atoms with Crippen LogP contribution >= 0.6 is 0 Å². The Labute approximate surface area is 129 Å². The van der Waals surface area contributed by atoms with Gasteiger partial charge in [-0.05, 0) is 23.6 Å². The SMILES string of the molecule is C/C(=C\C(=O)N[C@@H](C(N)=O)c1ccccc1)c1ccccc1. The summed E-state index contributed by atoms with van der Waals surface area (Å²) < 4.78 is 0. The molecular formula is C18H18N2O2. The van der Waals surface area contributed by atoms with Crippen molar-refractivity contribution < 1.29 is 9.59 Å². The lowest BCUT2D eigenvalue weighted by atomic mass is 10.1. The Balaban J connectivity index is 2.14. The second-order valence-corrected chi connectivity index (χ2v) is 4.95. The van der Waals surface area contributed by atoms with E-state index in [1.807, 2.05) is 43.3 Å². The molecular weight excluding hydrogens is 276 g/mol. The molecule has 2 rings (SSSR count). The second-order valence-electron chi connectivity index (χ2n) is 4.95. The van der Waals surface area contributed by atoms with Crippen molar-refractivity contribution in [3.05, 3.63) is 77.9 Å². The summed E-state index contributed by atoms with van der Waals surface area (Å²) in [6, 6.07) is 17.6. The van der Waals surface area contributed by atoms with E-state index in [1.54, 1.807) is 24.3 Å². The highest BCUT2D eigenvalue weighted by molar-refractivity contribution is 5.97. The Morgan fingerprint density at radius 2 is 1.55 bits per heavy atom. The van der Waals surface area contributed by atoms with Crippen molar-refractivity contribution >= 4 is 17.4 Å². The summed E-state index contributed by atoms with van der Waals surface area (Å²) in [5.74, 6) is -0.945. The molecule has 0 aromatic heterocycles. The fourth-order valence-corrected chi connectivity index (χ4v) is 2.13. The summed E-state index contributed by atoms with van der Waals surface area (Å²) in [5, 5.41) is 2.64. The first kappa shape index (κ1) is 15.5. The van der Waals surface area contributed by atoms with E-state index in [1.165, 1.54) is 6.08 Å². The fraction of sp³-hybridized carbons (Fsp3) is 0.111. The predicted molar refractivity (Wildman–Crippen MR) is 86.6 cm³/mol. The zero-order chi connectivity index (χ0) is 15.9. The average Bonchev–Trinajstić information content (AvgIpc) is 2.54. The van der Waals surface area contributed by atoms with Gasteiger partial charge in [0, 0.05) is 6.08 Å². The Kier molecular flexibility index (Phi) is 5.09. The Morgan fingerprint density at radius 3 is 2.09 bits per heavy atom. The monoisotopic (exact) mass is 294 g/mol. The number of amides is 2. The number of nitrogens with two attached hydrogens (primary N) is 1. The van der Waals surface area contributed by atoms with Gasteiger partial charge in [0.25, 0.3) is 0 Å². The van der Waals surface area contributed by atoms with Crippen molar-refractivity contribution in [1.29, 1.82) is 0 Å². The van der Waals surface area contributed by atoms with Gasteiger partial charge in [-0.25, -0.2) is 0 Å². The number of benzene rings is 2. The van der Waals surface area contributed by atoms with Crippen molar-refractivity contribution in [1.82, 2.24) is 5.32 Å². The van der Waals surface area contributed by atoms with Gasteiger partial charge >= 0.3 is 0 Å². The lowest BCUT2D eigenvalue weighted by Gasteiger charge is -2.15. The third kappa shape index (κ3) is 4.06. The van der Waals surface area contributed by atoms with Crippen LogP contribution in [0.15, 0.2) is 66.7 Å². The predicted octanol–water partition coefficient (Wildman–Crippen LogP) is 2.43. The first-order valence-electron chi connectivity index (χ1n) is 6.96. The highest BCUT2D eigenvalue weighted by Gasteiger charge is 2.19. The van der Waals surface area contributed by atoms with Crippen LogP contribution in [0.5, 0.6) is 0 Å². The molecule has 0 saturated heterocycles. The summed E-state index contributed by atoms with van der Waals surface area (Å²) in [4.78, 5) is 23.7. The molecule has 0 aliphatic rings. The quantitative estimate of drug-likeness (QED) is 0.831. The number of carbonyl (C=O) groups excluding carboxylic acids is 2. The van der Waals surface area contributed by atoms with E-state index in [0.29, 0.717) is 5.56 Å². The molecule has 0 heterocycles. The summed E-state index contributed by atoms with van der Waals surface area (Å²) in [6.45, 7) is 1.84. The minimum absolute atomic E-state index is 0.353. The Hall–Kier alpha value is -2.88. The molecule has 2 amide bonds. The third-order valence-electron chi connectivity index (χ3n) is 3.28. The van der Waals surface area contributed by atoms with E-state index in [9.17, 15) is 9.59 Å². The Bertz CT molecular complexity index is 679. The van der Waals surface area contributed by atoms with E-state index < -0.39 is 11.9 Å². The third-order valence-corrected chi connectivity index (χ3v) is 3.28. The molecule has 0 radical (unpaired) electrons. The molecule has 0 spiro atoms. The highest BCUT2D eigenvalue weighted by atomic mass is 16.2. The van der Waals surface area contributed by atoms with Crippen LogP contribution in [0.25, 0.3) is 5.57 Å². The van der Waals surface area contributed by atoms with Crippen LogP contribution in [-0.2, 0) is 9.59 Å². The smallest absolute Gasteiger partial charge is 0.245 e. The van der Waals surface area contributed by atoms with Gasteiger partial charge < -0.3 is 11.1 Å². The van der Waals surface area contributed by atoms with Gasteiger partial charge in [0.1, 0.15) is 6.04 Å². The van der Waals surface area contributed by atoms with Crippen molar-refractivity contribution in [3.63, 3.8) is 0 Å². The fourth-order valence-electron chi connectivity index (χ4n) is 2.13. The van der Waals surface area contributed by atoms with Crippen molar-refractivity contribution in [3.8, 4) is 0 Å². The molecule has 4 heteroatoms. The second kappa shape index (κ2) is 7.22. The van der Waals surface area contributed by atoms with Gasteiger partial charge in [0.15, 0.2) is 0 Å². The molecule has 4 nitrogen and oxygen atoms in total. The lowest BCUT2D eigenvalue weighted by Crippen LogP contribution is -2.36. The molecule has 2 aromatic rings. The van der Waals surface area contributed by atoms with Crippen LogP contribution in [0.4, 0.5) is 0 Å². The van der Waals surface area contributed by atoms with Gasteiger partial charge in [-0.3, -0.25) is 9.59 Å². The van der Waals surface area contributed by atoms with Crippen LogP contribution < -0.4 is 11.1 Å². The van der Waals surface area contributed by atoms with Crippen LogP contribution in [-0.4, -0.2) is 11.8 Å². The maximum atomic E-state index is 12.1. The highest BCUT2D eigenvalue weighted by Crippen LogP contribution is 2.14.